The van der Waals surface area contributed by atoms with Crippen LogP contribution in [-0.4, -0.2) is 9.97 Å². The third kappa shape index (κ3) is 1.59. The molecule has 0 spiro atoms. The minimum Gasteiger partial charge on any atom is -0.232 e. The predicted molar refractivity (Wildman–Crippen MR) is 53.8 cm³/mol. The predicted octanol–water partition coefficient (Wildman–Crippen LogP) is 2.96. The van der Waals surface area contributed by atoms with Crippen LogP contribution in [0.15, 0.2) is 6.58 Å². The Bertz CT molecular complexity index is 356. The van der Waals surface area contributed by atoms with E-state index < -0.39 is 0 Å². The van der Waals surface area contributed by atoms with Crippen LogP contribution in [0.3, 0.4) is 0 Å². The number of aryl methyl sites for hydroxylation is 1. The Balaban J connectivity index is 2.52. The number of hydrogen-bond donors (Lipinski definition) is 0. The molecular formula is C10H11ClN2. The number of hydrogen-bond acceptors (Lipinski definition) is 2. The highest BCUT2D eigenvalue weighted by atomic mass is 35.5. The van der Waals surface area contributed by atoms with Gasteiger partial charge in [-0.05, 0) is 25.8 Å². The van der Waals surface area contributed by atoms with Crippen LogP contribution in [0.5, 0.6) is 0 Å². The second kappa shape index (κ2) is 3.11. The highest BCUT2D eigenvalue weighted by Crippen LogP contribution is 2.42. The fraction of sp³-hybridized carbons (Fsp3) is 0.400. The summed E-state index contributed by atoms with van der Waals surface area (Å²) in [5.41, 5.74) is 1.86. The lowest BCUT2D eigenvalue weighted by molar-refractivity contribution is 0.954. The van der Waals surface area contributed by atoms with Crippen molar-refractivity contribution in [3.63, 3.8) is 0 Å². The van der Waals surface area contributed by atoms with Gasteiger partial charge >= 0.3 is 0 Å². The molecule has 0 radical (unpaired) electrons. The van der Waals surface area contributed by atoms with Crippen molar-refractivity contribution in [1.82, 2.24) is 9.97 Å². The SMILES string of the molecule is C=Cc1nc(C)c(Cl)c(C2CC2)n1. The molecule has 0 atom stereocenters. The van der Waals surface area contributed by atoms with E-state index in [1.807, 2.05) is 6.92 Å². The molecule has 0 amide bonds. The Morgan fingerprint density at radius 3 is 2.69 bits per heavy atom. The summed E-state index contributed by atoms with van der Waals surface area (Å²) in [5, 5.41) is 0.730. The molecule has 1 saturated carbocycles. The van der Waals surface area contributed by atoms with Crippen LogP contribution in [0, 0.1) is 6.92 Å². The average molecular weight is 195 g/mol. The van der Waals surface area contributed by atoms with Crippen LogP contribution < -0.4 is 0 Å². The van der Waals surface area contributed by atoms with Crippen LogP contribution in [-0.2, 0) is 0 Å². The fourth-order valence-corrected chi connectivity index (χ4v) is 1.56. The summed E-state index contributed by atoms with van der Waals surface area (Å²) in [7, 11) is 0. The summed E-state index contributed by atoms with van der Waals surface area (Å²) in [4.78, 5) is 8.55. The van der Waals surface area contributed by atoms with Crippen LogP contribution in [0.25, 0.3) is 6.08 Å². The summed E-state index contributed by atoms with van der Waals surface area (Å²) in [6, 6.07) is 0. The molecule has 1 aliphatic carbocycles. The molecule has 13 heavy (non-hydrogen) atoms. The standard InChI is InChI=1S/C10H11ClN2/c1-3-8-12-6(2)9(11)10(13-8)7-4-5-7/h3,7H,1,4-5H2,2H3. The van der Waals surface area contributed by atoms with Gasteiger partial charge in [-0.15, -0.1) is 0 Å². The van der Waals surface area contributed by atoms with Gasteiger partial charge in [-0.25, -0.2) is 9.97 Å². The van der Waals surface area contributed by atoms with Crippen molar-refractivity contribution in [1.29, 1.82) is 0 Å². The van der Waals surface area contributed by atoms with Crippen LogP contribution in [0.1, 0.15) is 36.0 Å². The molecule has 1 fully saturated rings. The van der Waals surface area contributed by atoms with E-state index in [1.54, 1.807) is 6.08 Å². The minimum absolute atomic E-state index is 0.563. The maximum atomic E-state index is 6.10. The molecule has 1 aliphatic rings. The molecule has 0 saturated heterocycles. The maximum absolute atomic E-state index is 6.10. The number of nitrogens with zero attached hydrogens (tertiary/aromatic N) is 2. The van der Waals surface area contributed by atoms with Crippen molar-refractivity contribution in [3.05, 3.63) is 28.8 Å². The maximum Gasteiger partial charge on any atom is 0.151 e. The lowest BCUT2D eigenvalue weighted by atomic mass is 10.2. The first-order chi connectivity index (χ1) is 6.22. The van der Waals surface area contributed by atoms with Gasteiger partial charge in [0.25, 0.3) is 0 Å². The summed E-state index contributed by atoms with van der Waals surface area (Å²) in [6.07, 6.45) is 4.06. The van der Waals surface area contributed by atoms with Crippen molar-refractivity contribution in [2.24, 2.45) is 0 Å². The lowest BCUT2D eigenvalue weighted by Crippen LogP contribution is -1.98. The summed E-state index contributed by atoms with van der Waals surface area (Å²) in [6.45, 7) is 5.56. The minimum atomic E-state index is 0.563. The van der Waals surface area contributed by atoms with E-state index in [0.717, 1.165) is 16.4 Å². The van der Waals surface area contributed by atoms with Crippen LogP contribution >= 0.6 is 11.6 Å². The third-order valence-electron chi connectivity index (χ3n) is 2.21. The molecule has 0 aromatic carbocycles. The monoisotopic (exact) mass is 194 g/mol. The summed E-state index contributed by atoms with van der Waals surface area (Å²) in [5.74, 6) is 1.25. The van der Waals surface area contributed by atoms with E-state index in [0.29, 0.717) is 11.7 Å². The molecule has 2 nitrogen and oxygen atoms in total. The van der Waals surface area contributed by atoms with E-state index in [-0.39, 0.29) is 0 Å². The number of rotatable bonds is 2. The van der Waals surface area contributed by atoms with Gasteiger partial charge in [0.1, 0.15) is 0 Å². The highest BCUT2D eigenvalue weighted by molar-refractivity contribution is 6.31. The Morgan fingerprint density at radius 2 is 2.15 bits per heavy atom. The van der Waals surface area contributed by atoms with Crippen molar-refractivity contribution < 1.29 is 0 Å². The van der Waals surface area contributed by atoms with E-state index in [2.05, 4.69) is 16.5 Å². The van der Waals surface area contributed by atoms with Gasteiger partial charge in [-0.3, -0.25) is 0 Å². The van der Waals surface area contributed by atoms with E-state index in [9.17, 15) is 0 Å². The number of aromatic nitrogens is 2. The quantitative estimate of drug-likeness (QED) is 0.724. The van der Waals surface area contributed by atoms with Crippen molar-refractivity contribution in [2.45, 2.75) is 25.7 Å². The molecule has 1 aromatic rings. The summed E-state index contributed by atoms with van der Waals surface area (Å²) >= 11 is 6.10. The van der Waals surface area contributed by atoms with E-state index in [4.69, 9.17) is 11.6 Å². The smallest absolute Gasteiger partial charge is 0.151 e. The normalized spacial score (nSPS) is 15.8. The first kappa shape index (κ1) is 8.70. The second-order valence-electron chi connectivity index (χ2n) is 3.34. The Morgan fingerprint density at radius 1 is 1.46 bits per heavy atom. The van der Waals surface area contributed by atoms with E-state index in [1.165, 1.54) is 12.8 Å². The third-order valence-corrected chi connectivity index (χ3v) is 2.67. The first-order valence-corrected chi connectivity index (χ1v) is 4.76. The van der Waals surface area contributed by atoms with Gasteiger partial charge in [-0.2, -0.15) is 0 Å². The fourth-order valence-electron chi connectivity index (χ4n) is 1.32. The van der Waals surface area contributed by atoms with Gasteiger partial charge in [0, 0.05) is 5.92 Å². The Labute approximate surface area is 82.7 Å². The molecule has 0 bridgehead atoms. The van der Waals surface area contributed by atoms with Gasteiger partial charge in [0.05, 0.1) is 16.4 Å². The Kier molecular flexibility index (Phi) is 2.08. The Hall–Kier alpha value is -0.890. The lowest BCUT2D eigenvalue weighted by Gasteiger charge is -2.05. The zero-order chi connectivity index (χ0) is 9.42. The molecule has 2 rings (SSSR count). The molecular weight excluding hydrogens is 184 g/mol. The summed E-state index contributed by atoms with van der Waals surface area (Å²) < 4.78 is 0. The van der Waals surface area contributed by atoms with Gasteiger partial charge in [0.15, 0.2) is 5.82 Å². The zero-order valence-electron chi connectivity index (χ0n) is 7.55. The molecule has 3 heteroatoms. The average Bonchev–Trinajstić information content (AvgIpc) is 2.92. The van der Waals surface area contributed by atoms with Crippen LogP contribution in [0.2, 0.25) is 5.02 Å². The van der Waals surface area contributed by atoms with Gasteiger partial charge in [0.2, 0.25) is 0 Å². The van der Waals surface area contributed by atoms with E-state index >= 15 is 0 Å². The molecule has 0 N–H and O–H groups in total. The molecule has 0 aliphatic heterocycles. The van der Waals surface area contributed by atoms with Crippen molar-refractivity contribution in [2.75, 3.05) is 0 Å². The van der Waals surface area contributed by atoms with Crippen LogP contribution in [0.4, 0.5) is 0 Å². The van der Waals surface area contributed by atoms with Crippen molar-refractivity contribution in [3.8, 4) is 0 Å². The topological polar surface area (TPSA) is 25.8 Å². The molecule has 1 aromatic heterocycles. The zero-order valence-corrected chi connectivity index (χ0v) is 8.30. The first-order valence-electron chi connectivity index (χ1n) is 4.39. The van der Waals surface area contributed by atoms with Crippen molar-refractivity contribution >= 4 is 17.7 Å². The molecule has 0 unspecified atom stereocenters. The largest absolute Gasteiger partial charge is 0.232 e. The second-order valence-corrected chi connectivity index (χ2v) is 3.72. The highest BCUT2D eigenvalue weighted by Gasteiger charge is 2.28. The molecule has 1 heterocycles. The molecule has 68 valence electrons. The van der Waals surface area contributed by atoms with Gasteiger partial charge < -0.3 is 0 Å². The number of halogens is 1. The van der Waals surface area contributed by atoms with Gasteiger partial charge in [-0.1, -0.05) is 18.2 Å².